The van der Waals surface area contributed by atoms with Gasteiger partial charge in [-0.05, 0) is 49.0 Å². The second kappa shape index (κ2) is 7.65. The molecule has 108 valence electrons. The molecule has 0 atom stereocenters. The van der Waals surface area contributed by atoms with Crippen LogP contribution in [0.3, 0.4) is 0 Å². The zero-order valence-corrected chi connectivity index (χ0v) is 12.8. The maximum Gasteiger partial charge on any atom is 0.228 e. The Morgan fingerprint density at radius 2 is 1.95 bits per heavy atom. The van der Waals surface area contributed by atoms with Gasteiger partial charge in [-0.2, -0.15) is 0 Å². The highest BCUT2D eigenvalue weighted by Crippen LogP contribution is 2.16. The van der Waals surface area contributed by atoms with Crippen LogP contribution in [0, 0.1) is 5.92 Å². The van der Waals surface area contributed by atoms with Crippen LogP contribution in [0.5, 0.6) is 5.75 Å². The van der Waals surface area contributed by atoms with Crippen molar-refractivity contribution >= 4 is 28.9 Å². The number of ether oxygens (including phenoxy) is 1. The molecule has 0 aliphatic heterocycles. The molecule has 0 aromatic heterocycles. The lowest BCUT2D eigenvalue weighted by Crippen LogP contribution is -2.36. The van der Waals surface area contributed by atoms with Gasteiger partial charge in [0.15, 0.2) is 5.11 Å². The molecule has 20 heavy (non-hydrogen) atoms. The Morgan fingerprint density at radius 3 is 2.45 bits per heavy atom. The average molecular weight is 292 g/mol. The second-order valence-electron chi connectivity index (χ2n) is 4.87. The number of benzene rings is 1. The molecule has 0 aliphatic rings. The zero-order valence-electron chi connectivity index (χ0n) is 12.0. The molecule has 0 saturated heterocycles. The molecule has 0 radical (unpaired) electrons. The van der Waals surface area contributed by atoms with Crippen LogP contribution in [0.4, 0.5) is 5.69 Å². The van der Waals surface area contributed by atoms with Gasteiger partial charge in [0, 0.05) is 11.6 Å². The van der Waals surface area contributed by atoms with Crippen LogP contribution >= 0.6 is 12.2 Å². The van der Waals surface area contributed by atoms with Crippen LogP contribution in [0.15, 0.2) is 36.4 Å². The van der Waals surface area contributed by atoms with Crippen molar-refractivity contribution in [2.24, 2.45) is 5.92 Å². The van der Waals surface area contributed by atoms with E-state index in [1.807, 2.05) is 45.0 Å². The first-order valence-electron chi connectivity index (χ1n) is 6.37. The number of carbonyl (C=O) groups excluding carboxylic acids is 1. The van der Waals surface area contributed by atoms with Gasteiger partial charge in [-0.15, -0.1) is 0 Å². The molecule has 0 bridgehead atoms. The van der Waals surface area contributed by atoms with E-state index in [9.17, 15) is 4.79 Å². The first-order chi connectivity index (χ1) is 9.38. The fourth-order valence-corrected chi connectivity index (χ4v) is 1.48. The Bertz CT molecular complexity index is 495. The van der Waals surface area contributed by atoms with E-state index >= 15 is 0 Å². The molecule has 1 rings (SSSR count). The minimum absolute atomic E-state index is 0.104. The molecular formula is C15H20N2O2S. The van der Waals surface area contributed by atoms with Gasteiger partial charge >= 0.3 is 0 Å². The lowest BCUT2D eigenvalue weighted by Gasteiger charge is -2.12. The number of anilines is 1. The van der Waals surface area contributed by atoms with Crippen molar-refractivity contribution in [3.8, 4) is 5.75 Å². The Kier molecular flexibility index (Phi) is 6.18. The van der Waals surface area contributed by atoms with Gasteiger partial charge in [-0.3, -0.25) is 4.79 Å². The van der Waals surface area contributed by atoms with Crippen molar-refractivity contribution in [1.29, 1.82) is 0 Å². The predicted octanol–water partition coefficient (Wildman–Crippen LogP) is 3.11. The van der Waals surface area contributed by atoms with E-state index in [1.165, 1.54) is 0 Å². The molecule has 2 N–H and O–H groups in total. The van der Waals surface area contributed by atoms with Crippen LogP contribution in [0.2, 0.25) is 0 Å². The van der Waals surface area contributed by atoms with E-state index in [0.29, 0.717) is 11.7 Å². The summed E-state index contributed by atoms with van der Waals surface area (Å²) < 4.78 is 5.49. The molecule has 0 aliphatic carbocycles. The summed E-state index contributed by atoms with van der Waals surface area (Å²) in [6.07, 6.45) is 0. The third-order valence-electron chi connectivity index (χ3n) is 2.36. The van der Waals surface area contributed by atoms with Gasteiger partial charge in [-0.1, -0.05) is 20.4 Å². The first-order valence-corrected chi connectivity index (χ1v) is 6.78. The average Bonchev–Trinajstić information content (AvgIpc) is 2.37. The summed E-state index contributed by atoms with van der Waals surface area (Å²) in [5, 5.41) is 5.86. The van der Waals surface area contributed by atoms with Crippen molar-refractivity contribution in [2.45, 2.75) is 20.8 Å². The number of nitrogens with one attached hydrogen (secondary N) is 2. The summed E-state index contributed by atoms with van der Waals surface area (Å²) in [5.74, 6) is 0.548. The summed E-state index contributed by atoms with van der Waals surface area (Å²) in [6, 6.07) is 7.33. The second-order valence-corrected chi connectivity index (χ2v) is 5.28. The van der Waals surface area contributed by atoms with Gasteiger partial charge in [0.25, 0.3) is 0 Å². The maximum atomic E-state index is 11.5. The molecule has 1 aromatic rings. The molecule has 0 saturated carbocycles. The highest BCUT2D eigenvalue weighted by atomic mass is 32.1. The summed E-state index contributed by atoms with van der Waals surface area (Å²) in [6.45, 7) is 9.80. The molecule has 0 spiro atoms. The third-order valence-corrected chi connectivity index (χ3v) is 2.56. The molecule has 1 aromatic carbocycles. The summed E-state index contributed by atoms with van der Waals surface area (Å²) in [7, 11) is 0. The number of thiocarbonyl (C=S) groups is 1. The van der Waals surface area contributed by atoms with Crippen LogP contribution in [-0.2, 0) is 4.79 Å². The van der Waals surface area contributed by atoms with E-state index < -0.39 is 0 Å². The standard InChI is InChI=1S/C15H20N2O2S/c1-10(2)9-19-13-7-5-12(6-8-13)16-15(20)17-14(18)11(3)4/h5-8,11H,1,9H2,2-4H3,(H2,16,17,18,20). The van der Waals surface area contributed by atoms with Crippen LogP contribution < -0.4 is 15.4 Å². The van der Waals surface area contributed by atoms with Crippen molar-refractivity contribution in [2.75, 3.05) is 11.9 Å². The number of amides is 1. The lowest BCUT2D eigenvalue weighted by molar-refractivity contribution is -0.122. The third kappa shape index (κ3) is 5.84. The molecule has 1 amide bonds. The highest BCUT2D eigenvalue weighted by Gasteiger charge is 2.08. The largest absolute Gasteiger partial charge is 0.489 e. The Labute approximate surface area is 125 Å². The van der Waals surface area contributed by atoms with Gasteiger partial charge in [0.05, 0.1) is 0 Å². The molecular weight excluding hydrogens is 272 g/mol. The fourth-order valence-electron chi connectivity index (χ4n) is 1.26. The number of rotatable bonds is 5. The normalized spacial score (nSPS) is 10.0. The molecule has 5 heteroatoms. The SMILES string of the molecule is C=C(C)COc1ccc(NC(=S)NC(=O)C(C)C)cc1. The monoisotopic (exact) mass is 292 g/mol. The Hall–Kier alpha value is -1.88. The summed E-state index contributed by atoms with van der Waals surface area (Å²) in [5.41, 5.74) is 1.76. The highest BCUT2D eigenvalue weighted by molar-refractivity contribution is 7.80. The van der Waals surface area contributed by atoms with Gasteiger partial charge in [0.2, 0.25) is 5.91 Å². The van der Waals surface area contributed by atoms with Gasteiger partial charge < -0.3 is 15.4 Å². The Balaban J connectivity index is 2.50. The van der Waals surface area contributed by atoms with Gasteiger partial charge in [0.1, 0.15) is 12.4 Å². The summed E-state index contributed by atoms with van der Waals surface area (Å²) >= 11 is 5.06. The topological polar surface area (TPSA) is 50.4 Å². The van der Waals surface area contributed by atoms with Gasteiger partial charge in [-0.25, -0.2) is 0 Å². The molecule has 4 nitrogen and oxygen atoms in total. The number of hydrogen-bond acceptors (Lipinski definition) is 3. The van der Waals surface area contributed by atoms with E-state index in [4.69, 9.17) is 17.0 Å². The number of hydrogen-bond donors (Lipinski definition) is 2. The summed E-state index contributed by atoms with van der Waals surface area (Å²) in [4.78, 5) is 11.5. The minimum atomic E-state index is -0.107. The zero-order chi connectivity index (χ0) is 15.1. The first kappa shape index (κ1) is 16.2. The molecule has 0 heterocycles. The van der Waals surface area contributed by atoms with E-state index in [0.717, 1.165) is 17.0 Å². The van der Waals surface area contributed by atoms with Crippen LogP contribution in [0.25, 0.3) is 0 Å². The maximum absolute atomic E-state index is 11.5. The smallest absolute Gasteiger partial charge is 0.228 e. The van der Waals surface area contributed by atoms with Crippen molar-refractivity contribution in [3.05, 3.63) is 36.4 Å². The van der Waals surface area contributed by atoms with E-state index in [1.54, 1.807) is 0 Å². The van der Waals surface area contributed by atoms with Crippen molar-refractivity contribution in [1.82, 2.24) is 5.32 Å². The van der Waals surface area contributed by atoms with E-state index in [-0.39, 0.29) is 11.8 Å². The van der Waals surface area contributed by atoms with Crippen LogP contribution in [-0.4, -0.2) is 17.6 Å². The van der Waals surface area contributed by atoms with Crippen molar-refractivity contribution in [3.63, 3.8) is 0 Å². The molecule has 0 unspecified atom stereocenters. The quantitative estimate of drug-likeness (QED) is 0.647. The predicted molar refractivity (Wildman–Crippen MR) is 86.0 cm³/mol. The molecule has 0 fully saturated rings. The Morgan fingerprint density at radius 1 is 1.35 bits per heavy atom. The minimum Gasteiger partial charge on any atom is -0.489 e. The fraction of sp³-hybridized carbons (Fsp3) is 0.333. The van der Waals surface area contributed by atoms with E-state index in [2.05, 4.69) is 17.2 Å². The number of carbonyl (C=O) groups is 1. The van der Waals surface area contributed by atoms with Crippen molar-refractivity contribution < 1.29 is 9.53 Å². The lowest BCUT2D eigenvalue weighted by atomic mass is 10.2. The van der Waals surface area contributed by atoms with Crippen LogP contribution in [0.1, 0.15) is 20.8 Å².